The summed E-state index contributed by atoms with van der Waals surface area (Å²) in [5.74, 6) is 0.0283. The Morgan fingerprint density at radius 2 is 2.19 bits per heavy atom. The number of imidazole rings is 1. The van der Waals surface area contributed by atoms with Crippen LogP contribution in [0.1, 0.15) is 12.8 Å². The normalized spacial score (nSPS) is 17.6. The van der Waals surface area contributed by atoms with E-state index in [1.807, 2.05) is 30.5 Å². The van der Waals surface area contributed by atoms with Gasteiger partial charge in [-0.3, -0.25) is 4.40 Å². The summed E-state index contributed by atoms with van der Waals surface area (Å²) in [5, 5.41) is 7.97. The summed E-state index contributed by atoms with van der Waals surface area (Å²) < 4.78 is 15.8. The highest BCUT2D eigenvalue weighted by molar-refractivity contribution is 6.32. The Labute approximate surface area is 159 Å². The summed E-state index contributed by atoms with van der Waals surface area (Å²) in [6.45, 7) is 1.85. The van der Waals surface area contributed by atoms with Gasteiger partial charge in [-0.05, 0) is 25.5 Å². The second kappa shape index (κ2) is 6.51. The van der Waals surface area contributed by atoms with Crippen LogP contribution in [0, 0.1) is 5.95 Å². The lowest BCUT2D eigenvalue weighted by molar-refractivity contribution is 0.479. The van der Waals surface area contributed by atoms with E-state index in [9.17, 15) is 4.39 Å². The molecule has 4 aromatic rings. The average molecular weight is 385 g/mol. The Balaban J connectivity index is 1.70. The highest BCUT2D eigenvalue weighted by atomic mass is 35.5. The minimum atomic E-state index is -0.511. The van der Waals surface area contributed by atoms with Gasteiger partial charge in [-0.1, -0.05) is 29.8 Å². The molecule has 1 fully saturated rings. The van der Waals surface area contributed by atoms with E-state index in [2.05, 4.69) is 20.6 Å². The van der Waals surface area contributed by atoms with Gasteiger partial charge in [0.1, 0.15) is 10.8 Å². The molecule has 0 bridgehead atoms. The molecule has 4 heterocycles. The van der Waals surface area contributed by atoms with Crippen molar-refractivity contribution >= 4 is 34.0 Å². The number of fused-ring (bicyclic) bond motifs is 2. The standard InChI is InChI=1S/C19H18ClFN6/c20-17-16(13-9-23-14-6-2-1-5-12(13)14)26-18(19-24-10-15(21)27(17)19)25-11-4-3-7-22-8-11/h1-2,5-6,9-11,22-23H,3-4,7-8H2,(H,25,26)/t11-/m0/s1. The molecule has 1 aliphatic rings. The van der Waals surface area contributed by atoms with Gasteiger partial charge in [0.15, 0.2) is 11.5 Å². The Hall–Kier alpha value is -2.64. The Morgan fingerprint density at radius 1 is 1.30 bits per heavy atom. The molecule has 0 aliphatic carbocycles. The van der Waals surface area contributed by atoms with Crippen LogP contribution in [-0.2, 0) is 0 Å². The molecule has 3 N–H and O–H groups in total. The molecule has 0 spiro atoms. The van der Waals surface area contributed by atoms with Crippen molar-refractivity contribution in [3.63, 3.8) is 0 Å². The molecule has 8 heteroatoms. The number of anilines is 1. The number of nitrogens with zero attached hydrogens (tertiary/aromatic N) is 3. The van der Waals surface area contributed by atoms with Crippen molar-refractivity contribution in [1.29, 1.82) is 0 Å². The smallest absolute Gasteiger partial charge is 0.219 e. The minimum Gasteiger partial charge on any atom is -0.363 e. The monoisotopic (exact) mass is 384 g/mol. The van der Waals surface area contributed by atoms with Crippen LogP contribution < -0.4 is 10.6 Å². The van der Waals surface area contributed by atoms with Crippen molar-refractivity contribution in [3.8, 4) is 11.3 Å². The van der Waals surface area contributed by atoms with E-state index in [0.29, 0.717) is 17.2 Å². The summed E-state index contributed by atoms with van der Waals surface area (Å²) in [6, 6.07) is 8.10. The van der Waals surface area contributed by atoms with Crippen molar-refractivity contribution in [1.82, 2.24) is 24.7 Å². The third kappa shape index (κ3) is 2.74. The molecular formula is C19H18ClFN6. The fraction of sp³-hybridized carbons (Fsp3) is 0.263. The first kappa shape index (κ1) is 16.5. The lowest BCUT2D eigenvalue weighted by atomic mass is 10.1. The van der Waals surface area contributed by atoms with E-state index in [0.717, 1.165) is 42.4 Å². The number of benzene rings is 1. The first-order chi connectivity index (χ1) is 13.2. The molecule has 0 unspecified atom stereocenters. The van der Waals surface area contributed by atoms with E-state index in [-0.39, 0.29) is 11.2 Å². The van der Waals surface area contributed by atoms with Gasteiger partial charge in [0.25, 0.3) is 0 Å². The predicted octanol–water partition coefficient (Wildman–Crippen LogP) is 3.83. The molecule has 138 valence electrons. The molecule has 3 aromatic heterocycles. The van der Waals surface area contributed by atoms with Crippen molar-refractivity contribution in [3.05, 3.63) is 47.8 Å². The van der Waals surface area contributed by atoms with Crippen LogP contribution in [-0.4, -0.2) is 38.5 Å². The highest BCUT2D eigenvalue weighted by Gasteiger charge is 2.22. The van der Waals surface area contributed by atoms with Gasteiger partial charge in [0, 0.05) is 35.2 Å². The zero-order valence-corrected chi connectivity index (χ0v) is 15.2. The van der Waals surface area contributed by atoms with Gasteiger partial charge in [0.2, 0.25) is 5.95 Å². The van der Waals surface area contributed by atoms with Crippen molar-refractivity contribution < 1.29 is 4.39 Å². The van der Waals surface area contributed by atoms with Gasteiger partial charge in [-0.15, -0.1) is 0 Å². The summed E-state index contributed by atoms with van der Waals surface area (Å²) in [5.41, 5.74) is 2.72. The Morgan fingerprint density at radius 3 is 3.04 bits per heavy atom. The molecule has 0 saturated carbocycles. The second-order valence-electron chi connectivity index (χ2n) is 6.78. The molecule has 5 rings (SSSR count). The maximum absolute atomic E-state index is 14.4. The molecule has 0 radical (unpaired) electrons. The number of aromatic amines is 1. The molecule has 1 aromatic carbocycles. The van der Waals surface area contributed by atoms with Crippen LogP contribution in [0.25, 0.3) is 27.8 Å². The number of halogens is 2. The fourth-order valence-electron chi connectivity index (χ4n) is 3.70. The van der Waals surface area contributed by atoms with Gasteiger partial charge in [-0.25, -0.2) is 9.97 Å². The Bertz CT molecular complexity index is 1130. The average Bonchev–Trinajstić information content (AvgIpc) is 3.29. The number of hydrogen-bond donors (Lipinski definition) is 3. The van der Waals surface area contributed by atoms with Gasteiger partial charge in [0.05, 0.1) is 6.20 Å². The van der Waals surface area contributed by atoms with E-state index in [4.69, 9.17) is 16.6 Å². The van der Waals surface area contributed by atoms with Crippen LogP contribution in [0.2, 0.25) is 5.15 Å². The first-order valence-corrected chi connectivity index (χ1v) is 9.36. The molecular weight excluding hydrogens is 367 g/mol. The number of hydrogen-bond acceptors (Lipinski definition) is 4. The zero-order valence-electron chi connectivity index (χ0n) is 14.5. The number of nitrogens with one attached hydrogen (secondary N) is 3. The summed E-state index contributed by atoms with van der Waals surface area (Å²) in [4.78, 5) is 12.2. The van der Waals surface area contributed by atoms with E-state index in [1.54, 1.807) is 0 Å². The van der Waals surface area contributed by atoms with E-state index >= 15 is 0 Å². The van der Waals surface area contributed by atoms with Crippen LogP contribution in [0.3, 0.4) is 0 Å². The summed E-state index contributed by atoms with van der Waals surface area (Å²) >= 11 is 6.56. The number of rotatable bonds is 3. The van der Waals surface area contributed by atoms with Gasteiger partial charge >= 0.3 is 0 Å². The van der Waals surface area contributed by atoms with Gasteiger partial charge < -0.3 is 15.6 Å². The third-order valence-electron chi connectivity index (χ3n) is 5.03. The number of H-pyrrole nitrogens is 1. The number of para-hydroxylation sites is 1. The summed E-state index contributed by atoms with van der Waals surface area (Å²) in [7, 11) is 0. The molecule has 1 aliphatic heterocycles. The van der Waals surface area contributed by atoms with E-state index < -0.39 is 5.95 Å². The van der Waals surface area contributed by atoms with Gasteiger partial charge in [-0.2, -0.15) is 4.39 Å². The first-order valence-electron chi connectivity index (χ1n) is 8.98. The minimum absolute atomic E-state index is 0.206. The van der Waals surface area contributed by atoms with Crippen LogP contribution in [0.15, 0.2) is 36.7 Å². The molecule has 1 saturated heterocycles. The topological polar surface area (TPSA) is 70.0 Å². The third-order valence-corrected chi connectivity index (χ3v) is 5.38. The summed E-state index contributed by atoms with van der Waals surface area (Å²) in [6.07, 6.45) is 5.13. The SMILES string of the molecule is Fc1cnc2c(N[C@H]3CCCNC3)nc(-c3c[nH]c4ccccc34)c(Cl)n12. The lowest BCUT2D eigenvalue weighted by Crippen LogP contribution is -2.38. The van der Waals surface area contributed by atoms with Crippen LogP contribution in [0.5, 0.6) is 0 Å². The molecule has 6 nitrogen and oxygen atoms in total. The second-order valence-corrected chi connectivity index (χ2v) is 7.13. The highest BCUT2D eigenvalue weighted by Crippen LogP contribution is 2.35. The number of aromatic nitrogens is 4. The molecule has 0 amide bonds. The molecule has 1 atom stereocenters. The van der Waals surface area contributed by atoms with Crippen LogP contribution >= 0.6 is 11.6 Å². The van der Waals surface area contributed by atoms with Crippen molar-refractivity contribution in [2.75, 3.05) is 18.4 Å². The fourth-order valence-corrected chi connectivity index (χ4v) is 4.01. The van der Waals surface area contributed by atoms with Crippen molar-refractivity contribution in [2.24, 2.45) is 0 Å². The lowest BCUT2D eigenvalue weighted by Gasteiger charge is -2.24. The number of piperidine rings is 1. The maximum atomic E-state index is 14.4. The predicted molar refractivity (Wildman–Crippen MR) is 105 cm³/mol. The van der Waals surface area contributed by atoms with Crippen molar-refractivity contribution in [2.45, 2.75) is 18.9 Å². The quantitative estimate of drug-likeness (QED) is 0.502. The Kier molecular flexibility index (Phi) is 3.98. The van der Waals surface area contributed by atoms with E-state index in [1.165, 1.54) is 10.6 Å². The zero-order chi connectivity index (χ0) is 18.4. The largest absolute Gasteiger partial charge is 0.363 e. The van der Waals surface area contributed by atoms with Crippen LogP contribution in [0.4, 0.5) is 10.2 Å². The molecule has 27 heavy (non-hydrogen) atoms. The maximum Gasteiger partial charge on any atom is 0.219 e.